The maximum atomic E-state index is 12.9. The lowest BCUT2D eigenvalue weighted by Gasteiger charge is -2.29. The Hall–Kier alpha value is -4.04. The molecule has 1 atom stereocenters. The number of rotatable bonds is 18. The Morgan fingerprint density at radius 1 is 1.02 bits per heavy atom. The second-order valence-corrected chi connectivity index (χ2v) is 9.27. The molecule has 1 aromatic rings. The van der Waals surface area contributed by atoms with Crippen LogP contribution in [0.15, 0.2) is 23.3 Å². The molecule has 0 spiro atoms. The zero-order valence-electron chi connectivity index (χ0n) is 22.8. The van der Waals surface area contributed by atoms with Gasteiger partial charge in [0.05, 0.1) is 39.6 Å². The number of amides is 5. The maximum absolute atomic E-state index is 12.9. The number of hydrogen-bond acceptors (Lipinski definition) is 9. The van der Waals surface area contributed by atoms with Crippen molar-refractivity contribution >= 4 is 35.2 Å². The predicted octanol–water partition coefficient (Wildman–Crippen LogP) is 1.03. The largest absolute Gasteiger partial charge is 0.379 e. The number of ether oxygens (including phenoxy) is 3. The van der Waals surface area contributed by atoms with Gasteiger partial charge >= 0.3 is 0 Å². The molecule has 222 valence electrons. The Bertz CT molecular complexity index is 1150. The summed E-state index contributed by atoms with van der Waals surface area (Å²) in [6.07, 6.45) is 1.05. The minimum Gasteiger partial charge on any atom is -0.379 e. The monoisotopic (exact) mass is 573 g/mol. The summed E-state index contributed by atoms with van der Waals surface area (Å²) in [6.45, 7) is 2.99. The normalized spacial score (nSPS) is 16.1. The molecule has 0 radical (unpaired) electrons. The SMILES string of the molecule is [N-]=[N+]=NCCOCCOCCOCCNC(=O)CCCC(=O)Nc1cccc2c1CN(C1CCC(=O)NC1=O)C2=O. The van der Waals surface area contributed by atoms with Gasteiger partial charge in [-0.1, -0.05) is 11.2 Å². The van der Waals surface area contributed by atoms with E-state index in [1.807, 2.05) is 0 Å². The summed E-state index contributed by atoms with van der Waals surface area (Å²) >= 11 is 0. The van der Waals surface area contributed by atoms with Gasteiger partial charge in [-0.05, 0) is 30.5 Å². The van der Waals surface area contributed by atoms with Crippen LogP contribution in [0.2, 0.25) is 0 Å². The fourth-order valence-corrected chi connectivity index (χ4v) is 4.37. The van der Waals surface area contributed by atoms with Gasteiger partial charge in [-0.3, -0.25) is 29.3 Å². The molecule has 1 fully saturated rings. The first-order valence-electron chi connectivity index (χ1n) is 13.5. The van der Waals surface area contributed by atoms with Crippen LogP contribution in [0.1, 0.15) is 48.0 Å². The topological polar surface area (TPSA) is 201 Å². The third-order valence-corrected chi connectivity index (χ3v) is 6.38. The summed E-state index contributed by atoms with van der Waals surface area (Å²) in [6, 6.07) is 4.26. The van der Waals surface area contributed by atoms with E-state index in [2.05, 4.69) is 26.0 Å². The molecule has 1 unspecified atom stereocenters. The molecule has 0 aliphatic carbocycles. The fraction of sp³-hybridized carbons (Fsp3) is 0.577. The van der Waals surface area contributed by atoms with Crippen molar-refractivity contribution in [2.24, 2.45) is 5.11 Å². The second-order valence-electron chi connectivity index (χ2n) is 9.27. The van der Waals surface area contributed by atoms with E-state index in [1.165, 1.54) is 4.90 Å². The Kier molecular flexibility index (Phi) is 13.0. The molecule has 5 amide bonds. The lowest BCUT2D eigenvalue weighted by atomic mass is 10.0. The average molecular weight is 574 g/mol. The van der Waals surface area contributed by atoms with E-state index in [-0.39, 0.29) is 62.4 Å². The van der Waals surface area contributed by atoms with Gasteiger partial charge in [-0.25, -0.2) is 0 Å². The Morgan fingerprint density at radius 2 is 1.73 bits per heavy atom. The number of azide groups is 1. The molecule has 3 N–H and O–H groups in total. The van der Waals surface area contributed by atoms with Crippen molar-refractivity contribution in [3.63, 3.8) is 0 Å². The maximum Gasteiger partial charge on any atom is 0.255 e. The number of nitrogens with zero attached hydrogens (tertiary/aromatic N) is 4. The molecule has 1 aromatic carbocycles. The van der Waals surface area contributed by atoms with Gasteiger partial charge in [-0.2, -0.15) is 0 Å². The smallest absolute Gasteiger partial charge is 0.255 e. The molecule has 2 aliphatic heterocycles. The third kappa shape index (κ3) is 10.1. The number of carbonyl (C=O) groups is 5. The molecule has 0 saturated carbocycles. The summed E-state index contributed by atoms with van der Waals surface area (Å²) in [4.78, 5) is 65.3. The quantitative estimate of drug-likeness (QED) is 0.0759. The molecule has 3 rings (SSSR count). The van der Waals surface area contributed by atoms with Crippen molar-refractivity contribution in [3.05, 3.63) is 39.8 Å². The number of benzene rings is 1. The van der Waals surface area contributed by atoms with Crippen molar-refractivity contribution in [3.8, 4) is 0 Å². The highest BCUT2D eigenvalue weighted by Gasteiger charge is 2.39. The predicted molar refractivity (Wildman–Crippen MR) is 144 cm³/mol. The van der Waals surface area contributed by atoms with E-state index >= 15 is 0 Å². The molecular weight excluding hydrogens is 538 g/mol. The number of hydrogen-bond donors (Lipinski definition) is 3. The van der Waals surface area contributed by atoms with Crippen LogP contribution in [0, 0.1) is 0 Å². The van der Waals surface area contributed by atoms with Crippen molar-refractivity contribution < 1.29 is 38.2 Å². The summed E-state index contributed by atoms with van der Waals surface area (Å²) < 4.78 is 15.9. The highest BCUT2D eigenvalue weighted by molar-refractivity contribution is 6.06. The molecular formula is C26H35N7O8. The molecule has 0 bridgehead atoms. The van der Waals surface area contributed by atoms with Crippen molar-refractivity contribution in [2.45, 2.75) is 44.7 Å². The van der Waals surface area contributed by atoms with Crippen LogP contribution >= 0.6 is 0 Å². The van der Waals surface area contributed by atoms with E-state index < -0.39 is 11.9 Å². The first-order valence-corrected chi connectivity index (χ1v) is 13.5. The fourth-order valence-electron chi connectivity index (χ4n) is 4.37. The van der Waals surface area contributed by atoms with Crippen LogP contribution in [0.3, 0.4) is 0 Å². The Morgan fingerprint density at radius 3 is 2.46 bits per heavy atom. The first-order chi connectivity index (χ1) is 19.9. The minimum atomic E-state index is -0.735. The highest BCUT2D eigenvalue weighted by Crippen LogP contribution is 2.32. The second kappa shape index (κ2) is 16.9. The zero-order valence-corrected chi connectivity index (χ0v) is 22.8. The molecule has 0 aromatic heterocycles. The summed E-state index contributed by atoms with van der Waals surface area (Å²) in [7, 11) is 0. The third-order valence-electron chi connectivity index (χ3n) is 6.38. The summed E-state index contributed by atoms with van der Waals surface area (Å²) in [5.74, 6) is -1.65. The van der Waals surface area contributed by atoms with Crippen molar-refractivity contribution in [1.29, 1.82) is 0 Å². The highest BCUT2D eigenvalue weighted by atomic mass is 16.5. The van der Waals surface area contributed by atoms with Gasteiger partial charge < -0.3 is 29.7 Å². The minimum absolute atomic E-state index is 0.116. The standard InChI is InChI=1S/C26H35N7O8/c27-32-29-10-12-40-14-16-41-15-13-39-11-9-28-22(34)5-2-6-23(35)30-20-4-1-3-18-19(20)17-33(26(18)38)21-7-8-24(36)31-25(21)37/h1,3-4,21H,2,5-17H2,(H,28,34)(H,30,35)(H,31,36,37). The van der Waals surface area contributed by atoms with Crippen LogP contribution in [0.4, 0.5) is 5.69 Å². The van der Waals surface area contributed by atoms with E-state index in [0.717, 1.165) is 0 Å². The van der Waals surface area contributed by atoms with Crippen LogP contribution in [0.25, 0.3) is 10.4 Å². The van der Waals surface area contributed by atoms with Crippen LogP contribution in [0.5, 0.6) is 0 Å². The number of piperidine rings is 1. The van der Waals surface area contributed by atoms with Gasteiger partial charge in [0.25, 0.3) is 5.91 Å². The summed E-state index contributed by atoms with van der Waals surface area (Å²) in [5.41, 5.74) is 9.66. The first kappa shape index (κ1) is 31.5. The van der Waals surface area contributed by atoms with Gasteiger partial charge in [0.15, 0.2) is 0 Å². The van der Waals surface area contributed by atoms with Crippen LogP contribution < -0.4 is 16.0 Å². The van der Waals surface area contributed by atoms with Crippen LogP contribution in [-0.4, -0.2) is 93.2 Å². The lowest BCUT2D eigenvalue weighted by Crippen LogP contribution is -2.52. The van der Waals surface area contributed by atoms with Gasteiger partial charge in [0, 0.05) is 60.6 Å². The van der Waals surface area contributed by atoms with Crippen molar-refractivity contribution in [2.75, 3.05) is 58.0 Å². The summed E-state index contributed by atoms with van der Waals surface area (Å²) in [5, 5.41) is 11.2. The molecule has 2 aliphatic rings. The van der Waals surface area contributed by atoms with E-state index in [9.17, 15) is 24.0 Å². The molecule has 15 nitrogen and oxygen atoms in total. The van der Waals surface area contributed by atoms with E-state index in [1.54, 1.807) is 18.2 Å². The molecule has 15 heteroatoms. The van der Waals surface area contributed by atoms with Gasteiger partial charge in [0.1, 0.15) is 6.04 Å². The van der Waals surface area contributed by atoms with Gasteiger partial charge in [0.2, 0.25) is 23.6 Å². The number of carbonyl (C=O) groups excluding carboxylic acids is 5. The number of anilines is 1. The number of nitrogens with one attached hydrogen (secondary N) is 3. The molecule has 2 heterocycles. The van der Waals surface area contributed by atoms with E-state index in [0.29, 0.717) is 69.4 Å². The average Bonchev–Trinajstić information content (AvgIpc) is 3.28. The molecule has 41 heavy (non-hydrogen) atoms. The Labute approximate surface area is 236 Å². The molecule has 1 saturated heterocycles. The number of fused-ring (bicyclic) bond motifs is 1. The van der Waals surface area contributed by atoms with Crippen LogP contribution in [-0.2, 0) is 39.9 Å². The lowest BCUT2D eigenvalue weighted by molar-refractivity contribution is -0.137. The number of imide groups is 1. The Balaban J connectivity index is 1.26. The van der Waals surface area contributed by atoms with Gasteiger partial charge in [-0.15, -0.1) is 0 Å². The van der Waals surface area contributed by atoms with Crippen molar-refractivity contribution in [1.82, 2.24) is 15.5 Å². The van der Waals surface area contributed by atoms with E-state index in [4.69, 9.17) is 19.7 Å². The zero-order chi connectivity index (χ0) is 29.5.